The Bertz CT molecular complexity index is 1080. The summed E-state index contributed by atoms with van der Waals surface area (Å²) in [7, 11) is 1.71. The van der Waals surface area contributed by atoms with E-state index in [-0.39, 0.29) is 12.5 Å². The number of benzene rings is 1. The number of imide groups is 1. The number of amides is 4. The summed E-state index contributed by atoms with van der Waals surface area (Å²) < 4.78 is 1.63. The number of rotatable bonds is 4. The molecule has 138 valence electrons. The summed E-state index contributed by atoms with van der Waals surface area (Å²) in [5.74, 6) is -0.612. The van der Waals surface area contributed by atoms with Gasteiger partial charge in [-0.3, -0.25) is 14.9 Å². The van der Waals surface area contributed by atoms with E-state index in [9.17, 15) is 14.4 Å². The maximum atomic E-state index is 12.6. The molecule has 1 saturated heterocycles. The minimum Gasteiger partial charge on any atom is -0.351 e. The molecule has 4 N–H and O–H groups in total. The van der Waals surface area contributed by atoms with Crippen molar-refractivity contribution >= 4 is 28.7 Å². The number of hydrogen-bond acceptors (Lipinski definition) is 4. The van der Waals surface area contributed by atoms with Gasteiger partial charge in [-0.05, 0) is 25.1 Å². The molecule has 3 heterocycles. The van der Waals surface area contributed by atoms with Crippen molar-refractivity contribution in [2.45, 2.75) is 12.5 Å². The Morgan fingerprint density at radius 1 is 1.30 bits per heavy atom. The van der Waals surface area contributed by atoms with Gasteiger partial charge in [-0.15, -0.1) is 0 Å². The van der Waals surface area contributed by atoms with E-state index in [2.05, 4.69) is 25.9 Å². The van der Waals surface area contributed by atoms with Crippen LogP contribution < -0.4 is 16.0 Å². The van der Waals surface area contributed by atoms with Crippen LogP contribution in [0, 0.1) is 6.92 Å². The third kappa shape index (κ3) is 2.73. The topological polar surface area (TPSA) is 121 Å². The fourth-order valence-electron chi connectivity index (χ4n) is 3.31. The average molecular weight is 366 g/mol. The van der Waals surface area contributed by atoms with Gasteiger partial charge in [-0.2, -0.15) is 0 Å². The van der Waals surface area contributed by atoms with Gasteiger partial charge >= 0.3 is 6.03 Å². The first-order valence-electron chi connectivity index (χ1n) is 8.38. The van der Waals surface area contributed by atoms with Gasteiger partial charge in [0.25, 0.3) is 11.8 Å². The van der Waals surface area contributed by atoms with E-state index in [0.717, 1.165) is 16.5 Å². The molecular formula is C18H18N6O3. The second kappa shape index (κ2) is 5.97. The zero-order chi connectivity index (χ0) is 19.2. The first-order valence-corrected chi connectivity index (χ1v) is 8.38. The molecule has 0 radical (unpaired) electrons. The van der Waals surface area contributed by atoms with Crippen molar-refractivity contribution in [1.82, 2.24) is 30.5 Å². The zero-order valence-electron chi connectivity index (χ0n) is 14.8. The molecule has 1 aliphatic rings. The van der Waals surface area contributed by atoms with Crippen LogP contribution in [-0.2, 0) is 17.4 Å². The maximum Gasteiger partial charge on any atom is 0.322 e. The molecule has 9 nitrogen and oxygen atoms in total. The fourth-order valence-corrected chi connectivity index (χ4v) is 3.31. The molecule has 4 amide bonds. The van der Waals surface area contributed by atoms with Crippen LogP contribution in [-0.4, -0.2) is 38.9 Å². The summed E-state index contributed by atoms with van der Waals surface area (Å²) in [5.41, 5.74) is 0.840. The summed E-state index contributed by atoms with van der Waals surface area (Å²) in [6.07, 6.45) is 3.19. The van der Waals surface area contributed by atoms with Crippen molar-refractivity contribution < 1.29 is 14.4 Å². The van der Waals surface area contributed by atoms with E-state index in [1.165, 1.54) is 6.20 Å². The van der Waals surface area contributed by atoms with E-state index in [1.807, 2.05) is 25.1 Å². The van der Waals surface area contributed by atoms with Gasteiger partial charge in [-0.25, -0.2) is 9.78 Å². The third-order valence-electron chi connectivity index (χ3n) is 4.68. The number of aromatic amines is 1. The van der Waals surface area contributed by atoms with Crippen LogP contribution in [0.2, 0.25) is 0 Å². The second-order valence-electron chi connectivity index (χ2n) is 6.63. The van der Waals surface area contributed by atoms with Crippen molar-refractivity contribution in [3.05, 3.63) is 53.7 Å². The van der Waals surface area contributed by atoms with Crippen LogP contribution >= 0.6 is 0 Å². The largest absolute Gasteiger partial charge is 0.351 e. The van der Waals surface area contributed by atoms with Gasteiger partial charge in [0.2, 0.25) is 0 Å². The Morgan fingerprint density at radius 2 is 2.11 bits per heavy atom. The Labute approximate surface area is 154 Å². The molecule has 1 aromatic carbocycles. The molecule has 4 rings (SSSR count). The summed E-state index contributed by atoms with van der Waals surface area (Å²) in [6, 6.07) is 6.95. The molecule has 0 spiro atoms. The lowest BCUT2D eigenvalue weighted by Gasteiger charge is -2.25. The normalized spacial score (nSPS) is 19.2. The summed E-state index contributed by atoms with van der Waals surface area (Å²) in [6.45, 7) is 1.84. The number of aryl methyl sites for hydroxylation is 2. The minimum atomic E-state index is -1.46. The number of carbonyl (C=O) groups excluding carboxylic acids is 3. The molecular weight excluding hydrogens is 348 g/mol. The van der Waals surface area contributed by atoms with Crippen LogP contribution in [0.25, 0.3) is 10.9 Å². The maximum absolute atomic E-state index is 12.6. The lowest BCUT2D eigenvalue weighted by molar-refractivity contribution is -0.124. The van der Waals surface area contributed by atoms with Crippen molar-refractivity contribution in [1.29, 1.82) is 0 Å². The van der Waals surface area contributed by atoms with Gasteiger partial charge in [0.05, 0.1) is 6.54 Å². The van der Waals surface area contributed by atoms with Crippen molar-refractivity contribution in [2.24, 2.45) is 7.05 Å². The molecule has 1 atom stereocenters. The number of nitrogens with zero attached hydrogens (tertiary/aromatic N) is 2. The minimum absolute atomic E-state index is 0.136. The smallest absolute Gasteiger partial charge is 0.322 e. The molecule has 0 saturated carbocycles. The van der Waals surface area contributed by atoms with Crippen LogP contribution in [0.3, 0.4) is 0 Å². The fraction of sp³-hybridized carbons (Fsp3) is 0.222. The SMILES string of the molecule is Cc1ccc2[nH]c(C(=O)NCC3(c4nccn4C)NC(=O)NC3=O)cc2c1. The standard InChI is InChI=1S/C18H18N6O3/c1-10-3-4-12-11(7-10)8-13(21-12)14(25)20-9-18(15-19-5-6-24(15)2)16(26)22-17(27)23-18/h3-8,21H,9H2,1-2H3,(H,20,25)(H2,22,23,26,27). The quantitative estimate of drug-likeness (QED) is 0.507. The van der Waals surface area contributed by atoms with Gasteiger partial charge in [0.15, 0.2) is 5.54 Å². The molecule has 3 aromatic rings. The Hall–Kier alpha value is -3.62. The van der Waals surface area contributed by atoms with Crippen LogP contribution in [0.1, 0.15) is 21.9 Å². The van der Waals surface area contributed by atoms with E-state index in [0.29, 0.717) is 11.5 Å². The van der Waals surface area contributed by atoms with Crippen LogP contribution in [0.15, 0.2) is 36.7 Å². The number of urea groups is 1. The van der Waals surface area contributed by atoms with E-state index in [4.69, 9.17) is 0 Å². The van der Waals surface area contributed by atoms with E-state index < -0.39 is 17.5 Å². The molecule has 0 aliphatic carbocycles. The van der Waals surface area contributed by atoms with Gasteiger partial charge in [0, 0.05) is 30.3 Å². The van der Waals surface area contributed by atoms with E-state index >= 15 is 0 Å². The monoisotopic (exact) mass is 366 g/mol. The second-order valence-corrected chi connectivity index (χ2v) is 6.63. The molecule has 1 unspecified atom stereocenters. The first-order chi connectivity index (χ1) is 12.9. The molecule has 9 heteroatoms. The molecule has 0 bridgehead atoms. The first kappa shape index (κ1) is 16.8. The van der Waals surface area contributed by atoms with Crippen LogP contribution in [0.4, 0.5) is 4.79 Å². The lowest BCUT2D eigenvalue weighted by atomic mass is 9.98. The highest BCUT2D eigenvalue weighted by molar-refractivity contribution is 6.07. The van der Waals surface area contributed by atoms with Crippen molar-refractivity contribution in [2.75, 3.05) is 6.54 Å². The molecule has 2 aromatic heterocycles. The number of nitrogens with one attached hydrogen (secondary N) is 4. The number of hydrogen-bond donors (Lipinski definition) is 4. The Morgan fingerprint density at radius 3 is 2.78 bits per heavy atom. The summed E-state index contributed by atoms with van der Waals surface area (Å²) in [5, 5.41) is 8.45. The molecule has 27 heavy (non-hydrogen) atoms. The highest BCUT2D eigenvalue weighted by Crippen LogP contribution is 2.23. The highest BCUT2D eigenvalue weighted by Gasteiger charge is 2.50. The van der Waals surface area contributed by atoms with Gasteiger partial charge < -0.3 is 20.2 Å². The lowest BCUT2D eigenvalue weighted by Crippen LogP contribution is -2.54. The molecule has 1 fully saturated rings. The number of H-pyrrole nitrogens is 1. The van der Waals surface area contributed by atoms with Crippen molar-refractivity contribution in [3.8, 4) is 0 Å². The Kier molecular flexibility index (Phi) is 3.72. The average Bonchev–Trinajstić information content (AvgIpc) is 3.30. The zero-order valence-corrected chi connectivity index (χ0v) is 14.8. The number of carbonyl (C=O) groups is 3. The van der Waals surface area contributed by atoms with Gasteiger partial charge in [-0.1, -0.05) is 11.6 Å². The number of imidazole rings is 1. The molecule has 1 aliphatic heterocycles. The van der Waals surface area contributed by atoms with Crippen LogP contribution in [0.5, 0.6) is 0 Å². The predicted molar refractivity (Wildman–Crippen MR) is 96.9 cm³/mol. The van der Waals surface area contributed by atoms with Gasteiger partial charge in [0.1, 0.15) is 11.5 Å². The summed E-state index contributed by atoms with van der Waals surface area (Å²) in [4.78, 5) is 44.1. The van der Waals surface area contributed by atoms with E-state index in [1.54, 1.807) is 23.9 Å². The predicted octanol–water partition coefficient (Wildman–Crippen LogP) is 0.675. The summed E-state index contributed by atoms with van der Waals surface area (Å²) >= 11 is 0. The number of aromatic nitrogens is 3. The van der Waals surface area contributed by atoms with Crippen molar-refractivity contribution in [3.63, 3.8) is 0 Å². The number of fused-ring (bicyclic) bond motifs is 1. The Balaban J connectivity index is 1.61. The highest BCUT2D eigenvalue weighted by atomic mass is 16.2. The third-order valence-corrected chi connectivity index (χ3v) is 4.68.